The van der Waals surface area contributed by atoms with Crippen LogP contribution in [0.3, 0.4) is 0 Å². The molecule has 1 heterocycles. The second-order valence-electron chi connectivity index (χ2n) is 3.82. The molecule has 4 heteroatoms. The van der Waals surface area contributed by atoms with E-state index in [4.69, 9.17) is 5.73 Å². The monoisotopic (exact) mass is 217 g/mol. The third-order valence-corrected chi connectivity index (χ3v) is 2.51. The third kappa shape index (κ3) is 2.46. The number of benzene rings is 1. The van der Waals surface area contributed by atoms with Crippen LogP contribution in [0.4, 0.5) is 0 Å². The Labute approximate surface area is 94.7 Å². The molecule has 1 aromatic rings. The van der Waals surface area contributed by atoms with E-state index in [-0.39, 0.29) is 5.91 Å². The zero-order valence-electron chi connectivity index (χ0n) is 9.10. The first kappa shape index (κ1) is 10.8. The SMILES string of the molecule is NCCC1=NN(Cc2ccccc2)C(=O)C1. The van der Waals surface area contributed by atoms with Crippen molar-refractivity contribution in [2.75, 3.05) is 6.54 Å². The van der Waals surface area contributed by atoms with Gasteiger partial charge in [0.1, 0.15) is 0 Å². The summed E-state index contributed by atoms with van der Waals surface area (Å²) in [6.07, 6.45) is 1.13. The van der Waals surface area contributed by atoms with Gasteiger partial charge in [-0.25, -0.2) is 5.01 Å². The molecular weight excluding hydrogens is 202 g/mol. The highest BCUT2D eigenvalue weighted by atomic mass is 16.2. The number of rotatable bonds is 4. The van der Waals surface area contributed by atoms with E-state index in [1.54, 1.807) is 0 Å². The topological polar surface area (TPSA) is 58.7 Å². The molecule has 0 saturated heterocycles. The summed E-state index contributed by atoms with van der Waals surface area (Å²) in [7, 11) is 0. The van der Waals surface area contributed by atoms with Crippen LogP contribution in [0, 0.1) is 0 Å². The predicted molar refractivity (Wildman–Crippen MR) is 62.7 cm³/mol. The van der Waals surface area contributed by atoms with Crippen LogP contribution < -0.4 is 5.73 Å². The molecule has 2 rings (SSSR count). The van der Waals surface area contributed by atoms with E-state index >= 15 is 0 Å². The van der Waals surface area contributed by atoms with Crippen LogP contribution in [0.15, 0.2) is 35.4 Å². The third-order valence-electron chi connectivity index (χ3n) is 2.51. The van der Waals surface area contributed by atoms with Crippen LogP contribution in [0.2, 0.25) is 0 Å². The van der Waals surface area contributed by atoms with Crippen LogP contribution in [0.25, 0.3) is 0 Å². The van der Waals surface area contributed by atoms with Gasteiger partial charge in [0.15, 0.2) is 0 Å². The number of hydrogen-bond acceptors (Lipinski definition) is 3. The van der Waals surface area contributed by atoms with Crippen molar-refractivity contribution in [3.05, 3.63) is 35.9 Å². The highest BCUT2D eigenvalue weighted by Gasteiger charge is 2.22. The lowest BCUT2D eigenvalue weighted by Gasteiger charge is -2.11. The first-order chi connectivity index (χ1) is 7.79. The summed E-state index contributed by atoms with van der Waals surface area (Å²) in [6, 6.07) is 9.85. The Bertz CT molecular complexity index is 400. The van der Waals surface area contributed by atoms with Crippen molar-refractivity contribution >= 4 is 11.6 Å². The van der Waals surface area contributed by atoms with E-state index in [2.05, 4.69) is 5.10 Å². The lowest BCUT2D eigenvalue weighted by atomic mass is 10.2. The quantitative estimate of drug-likeness (QED) is 0.821. The van der Waals surface area contributed by atoms with Gasteiger partial charge in [0.25, 0.3) is 0 Å². The molecule has 0 fully saturated rings. The zero-order chi connectivity index (χ0) is 11.4. The molecule has 4 nitrogen and oxygen atoms in total. The molecule has 0 bridgehead atoms. The normalized spacial score (nSPS) is 15.4. The fourth-order valence-corrected chi connectivity index (χ4v) is 1.71. The number of hydrogen-bond donors (Lipinski definition) is 1. The van der Waals surface area contributed by atoms with Gasteiger partial charge in [-0.15, -0.1) is 0 Å². The smallest absolute Gasteiger partial charge is 0.248 e. The maximum absolute atomic E-state index is 11.6. The van der Waals surface area contributed by atoms with E-state index in [0.717, 1.165) is 11.3 Å². The Balaban J connectivity index is 2.03. The Kier molecular flexibility index (Phi) is 3.31. The minimum atomic E-state index is 0.0623. The minimum Gasteiger partial charge on any atom is -0.330 e. The molecule has 0 aliphatic carbocycles. The minimum absolute atomic E-state index is 0.0623. The van der Waals surface area contributed by atoms with Crippen molar-refractivity contribution in [1.82, 2.24) is 5.01 Å². The fourth-order valence-electron chi connectivity index (χ4n) is 1.71. The maximum Gasteiger partial charge on any atom is 0.248 e. The van der Waals surface area contributed by atoms with Gasteiger partial charge in [0.05, 0.1) is 13.0 Å². The lowest BCUT2D eigenvalue weighted by Crippen LogP contribution is -2.19. The first-order valence-corrected chi connectivity index (χ1v) is 5.40. The van der Waals surface area contributed by atoms with E-state index in [9.17, 15) is 4.79 Å². The number of nitrogens with zero attached hydrogens (tertiary/aromatic N) is 2. The van der Waals surface area contributed by atoms with Crippen molar-refractivity contribution < 1.29 is 4.79 Å². The van der Waals surface area contributed by atoms with Gasteiger partial charge in [0, 0.05) is 12.1 Å². The summed E-state index contributed by atoms with van der Waals surface area (Å²) in [4.78, 5) is 11.6. The van der Waals surface area contributed by atoms with Gasteiger partial charge in [-0.05, 0) is 12.1 Å². The molecule has 0 spiro atoms. The molecule has 0 atom stereocenters. The predicted octanol–water partition coefficient (Wildman–Crippen LogP) is 1.12. The standard InChI is InChI=1S/C12H15N3O/c13-7-6-11-8-12(16)15(14-11)9-10-4-2-1-3-5-10/h1-5H,6-9,13H2. The van der Waals surface area contributed by atoms with Gasteiger partial charge in [-0.1, -0.05) is 30.3 Å². The summed E-state index contributed by atoms with van der Waals surface area (Å²) in [5.74, 6) is 0.0623. The number of nitrogens with two attached hydrogens (primary N) is 1. The number of carbonyl (C=O) groups is 1. The fraction of sp³-hybridized carbons (Fsp3) is 0.333. The Morgan fingerprint density at radius 3 is 2.75 bits per heavy atom. The van der Waals surface area contributed by atoms with Crippen molar-refractivity contribution in [2.24, 2.45) is 10.8 Å². The molecule has 0 unspecified atom stereocenters. The largest absolute Gasteiger partial charge is 0.330 e. The van der Waals surface area contributed by atoms with E-state index in [0.29, 0.717) is 25.9 Å². The van der Waals surface area contributed by atoms with Crippen molar-refractivity contribution in [3.63, 3.8) is 0 Å². The Hall–Kier alpha value is -1.68. The van der Waals surface area contributed by atoms with Gasteiger partial charge >= 0.3 is 0 Å². The molecule has 1 aliphatic rings. The maximum atomic E-state index is 11.6. The Morgan fingerprint density at radius 1 is 1.31 bits per heavy atom. The second kappa shape index (κ2) is 4.90. The lowest BCUT2D eigenvalue weighted by molar-refractivity contribution is -0.129. The van der Waals surface area contributed by atoms with Gasteiger partial charge in [0.2, 0.25) is 5.91 Å². The summed E-state index contributed by atoms with van der Waals surface area (Å²) >= 11 is 0. The van der Waals surface area contributed by atoms with E-state index in [1.165, 1.54) is 5.01 Å². The van der Waals surface area contributed by atoms with Gasteiger partial charge in [-0.3, -0.25) is 4.79 Å². The second-order valence-corrected chi connectivity index (χ2v) is 3.82. The van der Waals surface area contributed by atoms with Crippen molar-refractivity contribution in [1.29, 1.82) is 0 Å². The summed E-state index contributed by atoms with van der Waals surface area (Å²) in [5, 5.41) is 5.80. The molecule has 1 amide bonds. The van der Waals surface area contributed by atoms with Crippen LogP contribution in [0.5, 0.6) is 0 Å². The van der Waals surface area contributed by atoms with Crippen LogP contribution in [-0.2, 0) is 11.3 Å². The summed E-state index contributed by atoms with van der Waals surface area (Å²) in [6.45, 7) is 1.10. The molecular formula is C12H15N3O. The first-order valence-electron chi connectivity index (χ1n) is 5.40. The van der Waals surface area contributed by atoms with Crippen LogP contribution >= 0.6 is 0 Å². The highest BCUT2D eigenvalue weighted by molar-refractivity contribution is 6.04. The summed E-state index contributed by atoms with van der Waals surface area (Å²) in [5.41, 5.74) is 7.42. The number of carbonyl (C=O) groups excluding carboxylic acids is 1. The number of amides is 1. The zero-order valence-corrected chi connectivity index (χ0v) is 9.10. The molecule has 1 aliphatic heterocycles. The van der Waals surface area contributed by atoms with Crippen LogP contribution in [-0.4, -0.2) is 23.2 Å². The van der Waals surface area contributed by atoms with Crippen molar-refractivity contribution in [3.8, 4) is 0 Å². The molecule has 0 radical (unpaired) electrons. The van der Waals surface area contributed by atoms with Gasteiger partial charge in [-0.2, -0.15) is 5.10 Å². The van der Waals surface area contributed by atoms with Crippen molar-refractivity contribution in [2.45, 2.75) is 19.4 Å². The molecule has 0 saturated carbocycles. The molecule has 2 N–H and O–H groups in total. The molecule has 1 aromatic carbocycles. The van der Waals surface area contributed by atoms with Crippen LogP contribution in [0.1, 0.15) is 18.4 Å². The van der Waals surface area contributed by atoms with E-state index < -0.39 is 0 Å². The van der Waals surface area contributed by atoms with E-state index in [1.807, 2.05) is 30.3 Å². The number of hydrazone groups is 1. The molecule has 16 heavy (non-hydrogen) atoms. The molecule has 0 aromatic heterocycles. The highest BCUT2D eigenvalue weighted by Crippen LogP contribution is 2.14. The Morgan fingerprint density at radius 2 is 2.06 bits per heavy atom. The average Bonchev–Trinajstić information content (AvgIpc) is 2.61. The molecule has 84 valence electrons. The van der Waals surface area contributed by atoms with Gasteiger partial charge < -0.3 is 5.73 Å². The average molecular weight is 217 g/mol. The summed E-state index contributed by atoms with van der Waals surface area (Å²) < 4.78 is 0.